The maximum Gasteiger partial charge on any atom is 0.237 e. The smallest absolute Gasteiger partial charge is 0.237 e. The number of hydrogen-bond donors (Lipinski definition) is 0. The lowest BCUT2D eigenvalue weighted by atomic mass is 10.1. The first-order valence-corrected chi connectivity index (χ1v) is 6.43. The summed E-state index contributed by atoms with van der Waals surface area (Å²) in [7, 11) is 1.84. The zero-order valence-electron chi connectivity index (χ0n) is 10.4. The highest BCUT2D eigenvalue weighted by molar-refractivity contribution is 6.31. The van der Waals surface area contributed by atoms with Crippen LogP contribution in [0.15, 0.2) is 24.4 Å². The number of aromatic nitrogens is 2. The molecule has 0 saturated heterocycles. The number of ether oxygens (including phenoxy) is 1. The summed E-state index contributed by atoms with van der Waals surface area (Å²) >= 11 is 6.14. The van der Waals surface area contributed by atoms with Crippen molar-refractivity contribution in [2.45, 2.75) is 18.9 Å². The average Bonchev–Trinajstić information content (AvgIpc) is 3.08. The Morgan fingerprint density at radius 1 is 1.47 bits per heavy atom. The van der Waals surface area contributed by atoms with Gasteiger partial charge in [-0.1, -0.05) is 11.6 Å². The summed E-state index contributed by atoms with van der Waals surface area (Å²) in [5, 5.41) is 4.70. The molecule has 5 heteroatoms. The highest BCUT2D eigenvalue weighted by Crippen LogP contribution is 2.43. The van der Waals surface area contributed by atoms with Gasteiger partial charge in [-0.3, -0.25) is 4.68 Å². The molecule has 1 saturated carbocycles. The Bertz CT molecular complexity index is 668. The minimum absolute atomic E-state index is 0.235. The third-order valence-electron chi connectivity index (χ3n) is 3.07. The summed E-state index contributed by atoms with van der Waals surface area (Å²) in [6.07, 6.45) is 4.03. The maximum absolute atomic E-state index is 7.41. The molecule has 96 valence electrons. The Morgan fingerprint density at radius 2 is 2.26 bits per heavy atom. The van der Waals surface area contributed by atoms with Crippen molar-refractivity contribution in [3.63, 3.8) is 0 Å². The van der Waals surface area contributed by atoms with Gasteiger partial charge >= 0.3 is 0 Å². The van der Waals surface area contributed by atoms with Crippen molar-refractivity contribution in [2.24, 2.45) is 7.05 Å². The van der Waals surface area contributed by atoms with Crippen molar-refractivity contribution in [1.82, 2.24) is 9.78 Å². The van der Waals surface area contributed by atoms with Crippen LogP contribution in [0.5, 0.6) is 5.75 Å². The van der Waals surface area contributed by atoms with Gasteiger partial charge in [0.05, 0.1) is 18.4 Å². The second kappa shape index (κ2) is 4.60. The monoisotopic (exact) mass is 273 g/mol. The van der Waals surface area contributed by atoms with Gasteiger partial charge in [-0.2, -0.15) is 5.10 Å². The third-order valence-corrected chi connectivity index (χ3v) is 3.28. The number of rotatable bonds is 3. The lowest BCUT2D eigenvalue weighted by Crippen LogP contribution is -1.98. The molecule has 0 aliphatic heterocycles. The fourth-order valence-electron chi connectivity index (χ4n) is 1.98. The molecule has 0 N–H and O–H groups in total. The van der Waals surface area contributed by atoms with E-state index in [4.69, 9.17) is 22.9 Å². The molecule has 0 spiro atoms. The van der Waals surface area contributed by atoms with E-state index in [0.717, 1.165) is 24.1 Å². The molecule has 19 heavy (non-hydrogen) atoms. The molecule has 0 radical (unpaired) electrons. The van der Waals surface area contributed by atoms with Gasteiger partial charge in [0.25, 0.3) is 0 Å². The molecule has 1 aliphatic rings. The fraction of sp³-hybridized carbons (Fsp3) is 0.286. The lowest BCUT2D eigenvalue weighted by molar-refractivity contribution is 0.305. The van der Waals surface area contributed by atoms with Gasteiger partial charge in [0.2, 0.25) is 5.69 Å². The SMILES string of the molecule is [C-]#[N+]c1c(OC2CC2)cc(Cl)cc1-c1ccnn1C. The summed E-state index contributed by atoms with van der Waals surface area (Å²) in [5.41, 5.74) is 2.12. The third kappa shape index (κ3) is 2.29. The van der Waals surface area contributed by atoms with Crippen LogP contribution in [0.1, 0.15) is 12.8 Å². The van der Waals surface area contributed by atoms with Gasteiger partial charge in [-0.25, -0.2) is 4.85 Å². The molecule has 1 aromatic carbocycles. The van der Waals surface area contributed by atoms with E-state index in [-0.39, 0.29) is 6.10 Å². The Labute approximate surface area is 116 Å². The first kappa shape index (κ1) is 12.1. The molecule has 2 aromatic rings. The van der Waals surface area contributed by atoms with E-state index in [1.807, 2.05) is 13.1 Å². The molecule has 0 bridgehead atoms. The van der Waals surface area contributed by atoms with Crippen LogP contribution in [-0.4, -0.2) is 15.9 Å². The molecular weight excluding hydrogens is 262 g/mol. The minimum Gasteiger partial charge on any atom is -0.501 e. The van der Waals surface area contributed by atoms with Gasteiger partial charge in [-0.15, -0.1) is 0 Å². The second-order valence-electron chi connectivity index (χ2n) is 4.57. The fourth-order valence-corrected chi connectivity index (χ4v) is 2.19. The molecule has 3 rings (SSSR count). The maximum atomic E-state index is 7.41. The molecule has 0 atom stereocenters. The van der Waals surface area contributed by atoms with E-state index in [1.54, 1.807) is 23.0 Å². The van der Waals surface area contributed by atoms with Crippen LogP contribution in [0.4, 0.5) is 5.69 Å². The molecule has 0 amide bonds. The van der Waals surface area contributed by atoms with E-state index < -0.39 is 0 Å². The number of benzene rings is 1. The Morgan fingerprint density at radius 3 is 2.84 bits per heavy atom. The molecule has 1 aromatic heterocycles. The molecule has 1 fully saturated rings. The van der Waals surface area contributed by atoms with E-state index in [9.17, 15) is 0 Å². The van der Waals surface area contributed by atoms with E-state index >= 15 is 0 Å². The quantitative estimate of drug-likeness (QED) is 0.796. The van der Waals surface area contributed by atoms with Crippen molar-refractivity contribution in [2.75, 3.05) is 0 Å². The molecule has 4 nitrogen and oxygen atoms in total. The van der Waals surface area contributed by atoms with Gasteiger partial charge in [0, 0.05) is 23.8 Å². The molecule has 1 heterocycles. The number of aryl methyl sites for hydroxylation is 1. The normalized spacial score (nSPS) is 14.2. The predicted octanol–water partition coefficient (Wildman–Crippen LogP) is 3.83. The van der Waals surface area contributed by atoms with Crippen LogP contribution < -0.4 is 4.74 Å². The summed E-state index contributed by atoms with van der Waals surface area (Å²) < 4.78 is 7.50. The zero-order valence-corrected chi connectivity index (χ0v) is 11.2. The van der Waals surface area contributed by atoms with Crippen LogP contribution in [0.2, 0.25) is 5.02 Å². The Balaban J connectivity index is 2.15. The topological polar surface area (TPSA) is 31.4 Å². The van der Waals surface area contributed by atoms with Crippen LogP contribution in [0.25, 0.3) is 16.1 Å². The van der Waals surface area contributed by atoms with Gasteiger partial charge < -0.3 is 4.74 Å². The molecular formula is C14H12ClN3O. The first-order chi connectivity index (χ1) is 9.19. The zero-order chi connectivity index (χ0) is 13.4. The Kier molecular flexibility index (Phi) is 2.92. The van der Waals surface area contributed by atoms with Crippen LogP contribution in [0.3, 0.4) is 0 Å². The molecule has 0 unspecified atom stereocenters. The standard InChI is InChI=1S/C14H12ClN3O/c1-16-14-11(12-5-6-17-18(12)2)7-9(15)8-13(14)19-10-3-4-10/h5-8,10H,3-4H2,2H3. The summed E-state index contributed by atoms with van der Waals surface area (Å²) in [5.74, 6) is 0.571. The summed E-state index contributed by atoms with van der Waals surface area (Å²) in [4.78, 5) is 3.61. The predicted molar refractivity (Wildman–Crippen MR) is 73.6 cm³/mol. The van der Waals surface area contributed by atoms with Crippen molar-refractivity contribution in [3.8, 4) is 17.0 Å². The van der Waals surface area contributed by atoms with Crippen LogP contribution in [-0.2, 0) is 7.05 Å². The van der Waals surface area contributed by atoms with Crippen LogP contribution >= 0.6 is 11.6 Å². The van der Waals surface area contributed by atoms with Crippen LogP contribution in [0, 0.1) is 6.57 Å². The highest BCUT2D eigenvalue weighted by atomic mass is 35.5. The van der Waals surface area contributed by atoms with Crippen molar-refractivity contribution in [1.29, 1.82) is 0 Å². The second-order valence-corrected chi connectivity index (χ2v) is 5.01. The van der Waals surface area contributed by atoms with Crippen molar-refractivity contribution in [3.05, 3.63) is 40.8 Å². The highest BCUT2D eigenvalue weighted by Gasteiger charge is 2.26. The number of nitrogens with zero attached hydrogens (tertiary/aromatic N) is 3. The van der Waals surface area contributed by atoms with Gasteiger partial charge in [0.15, 0.2) is 0 Å². The van der Waals surface area contributed by atoms with E-state index in [1.165, 1.54) is 0 Å². The summed E-state index contributed by atoms with van der Waals surface area (Å²) in [6, 6.07) is 5.36. The van der Waals surface area contributed by atoms with E-state index in [2.05, 4.69) is 9.94 Å². The van der Waals surface area contributed by atoms with Crippen molar-refractivity contribution < 1.29 is 4.74 Å². The first-order valence-electron chi connectivity index (χ1n) is 6.05. The number of halogens is 1. The summed E-state index contributed by atoms with van der Waals surface area (Å²) in [6.45, 7) is 7.41. The Hall–Kier alpha value is -1.99. The van der Waals surface area contributed by atoms with Gasteiger partial charge in [0.1, 0.15) is 5.75 Å². The molecule has 1 aliphatic carbocycles. The number of hydrogen-bond acceptors (Lipinski definition) is 2. The van der Waals surface area contributed by atoms with Crippen molar-refractivity contribution >= 4 is 17.3 Å². The largest absolute Gasteiger partial charge is 0.501 e. The van der Waals surface area contributed by atoms with Gasteiger partial charge in [-0.05, 0) is 31.0 Å². The average molecular weight is 274 g/mol. The lowest BCUT2D eigenvalue weighted by Gasteiger charge is -2.12. The van der Waals surface area contributed by atoms with E-state index in [0.29, 0.717) is 16.5 Å². The minimum atomic E-state index is 0.235.